The molecule has 0 aromatic heterocycles. The Balaban J connectivity index is 1.97. The van der Waals surface area contributed by atoms with Gasteiger partial charge in [0.25, 0.3) is 0 Å². The Hall–Kier alpha value is -1.40. The van der Waals surface area contributed by atoms with Crippen molar-refractivity contribution in [2.45, 2.75) is 45.7 Å². The van der Waals surface area contributed by atoms with Crippen molar-refractivity contribution < 1.29 is 4.39 Å². The number of nitrogens with one attached hydrogen (secondary N) is 1. The highest BCUT2D eigenvalue weighted by molar-refractivity contribution is 5.33. The number of halogens is 1. The fourth-order valence-electron chi connectivity index (χ4n) is 2.99. The van der Waals surface area contributed by atoms with E-state index in [0.29, 0.717) is 29.6 Å². The fraction of sp³-hybridized carbons (Fsp3) is 0.562. The Morgan fingerprint density at radius 2 is 2.16 bits per heavy atom. The minimum atomic E-state index is -0.233. The van der Waals surface area contributed by atoms with Crippen molar-refractivity contribution >= 4 is 0 Å². The van der Waals surface area contributed by atoms with Crippen LogP contribution in [0.25, 0.3) is 0 Å². The number of hydrogen-bond acceptors (Lipinski definition) is 2. The van der Waals surface area contributed by atoms with Gasteiger partial charge in [-0.25, -0.2) is 4.39 Å². The van der Waals surface area contributed by atoms with E-state index in [1.165, 1.54) is 25.0 Å². The standard InChI is InChI=1S/C16H21FN2/c1-11-3-6-16(12(2)7-11)19-10-14-8-13(9-18)4-5-15(14)17/h4-5,8,11-12,16,19H,3,6-7,10H2,1-2H3. The molecule has 0 spiro atoms. The van der Waals surface area contributed by atoms with Gasteiger partial charge in [-0.15, -0.1) is 0 Å². The lowest BCUT2D eigenvalue weighted by Crippen LogP contribution is -2.38. The quantitative estimate of drug-likeness (QED) is 0.901. The van der Waals surface area contributed by atoms with Crippen LogP contribution in [0.3, 0.4) is 0 Å². The van der Waals surface area contributed by atoms with Crippen LogP contribution in [-0.2, 0) is 6.54 Å². The molecule has 1 aromatic carbocycles. The highest BCUT2D eigenvalue weighted by atomic mass is 19.1. The van der Waals surface area contributed by atoms with Gasteiger partial charge < -0.3 is 5.32 Å². The van der Waals surface area contributed by atoms with E-state index in [2.05, 4.69) is 25.2 Å². The minimum absolute atomic E-state index is 0.233. The number of nitriles is 1. The van der Waals surface area contributed by atoms with Gasteiger partial charge in [-0.1, -0.05) is 13.8 Å². The highest BCUT2D eigenvalue weighted by Gasteiger charge is 2.24. The van der Waals surface area contributed by atoms with Gasteiger partial charge >= 0.3 is 0 Å². The second-order valence-corrected chi connectivity index (χ2v) is 5.80. The lowest BCUT2D eigenvalue weighted by molar-refractivity contribution is 0.226. The van der Waals surface area contributed by atoms with Crippen molar-refractivity contribution in [2.24, 2.45) is 11.8 Å². The molecular formula is C16H21FN2. The largest absolute Gasteiger partial charge is 0.310 e. The van der Waals surface area contributed by atoms with Crippen molar-refractivity contribution in [3.8, 4) is 6.07 Å². The lowest BCUT2D eigenvalue weighted by Gasteiger charge is -2.33. The number of nitrogens with zero attached hydrogens (tertiary/aromatic N) is 1. The summed E-state index contributed by atoms with van der Waals surface area (Å²) in [6, 6.07) is 7.04. The third-order valence-corrected chi connectivity index (χ3v) is 4.16. The molecule has 1 aliphatic rings. The number of hydrogen-bond donors (Lipinski definition) is 1. The third-order valence-electron chi connectivity index (χ3n) is 4.16. The maximum Gasteiger partial charge on any atom is 0.127 e. The zero-order valence-electron chi connectivity index (χ0n) is 11.6. The molecule has 0 radical (unpaired) electrons. The van der Waals surface area contributed by atoms with Crippen LogP contribution in [0.2, 0.25) is 0 Å². The third kappa shape index (κ3) is 3.54. The maximum absolute atomic E-state index is 13.7. The molecule has 3 unspecified atom stereocenters. The number of rotatable bonds is 3. The summed E-state index contributed by atoms with van der Waals surface area (Å²) in [5.41, 5.74) is 1.10. The Bertz CT molecular complexity index is 478. The molecule has 1 saturated carbocycles. The second-order valence-electron chi connectivity index (χ2n) is 5.80. The smallest absolute Gasteiger partial charge is 0.127 e. The van der Waals surface area contributed by atoms with Crippen LogP contribution in [0.4, 0.5) is 4.39 Å². The maximum atomic E-state index is 13.7. The molecule has 3 atom stereocenters. The summed E-state index contributed by atoms with van der Waals surface area (Å²) < 4.78 is 13.7. The van der Waals surface area contributed by atoms with E-state index in [9.17, 15) is 4.39 Å². The Kier molecular flexibility index (Phi) is 4.55. The molecule has 1 aliphatic carbocycles. The first kappa shape index (κ1) is 14.0. The van der Waals surface area contributed by atoms with Crippen LogP contribution in [0.1, 0.15) is 44.2 Å². The van der Waals surface area contributed by atoms with Gasteiger partial charge in [0.2, 0.25) is 0 Å². The van der Waals surface area contributed by atoms with Crippen molar-refractivity contribution in [3.63, 3.8) is 0 Å². The predicted molar refractivity (Wildman–Crippen MR) is 73.9 cm³/mol. The van der Waals surface area contributed by atoms with E-state index < -0.39 is 0 Å². The van der Waals surface area contributed by atoms with E-state index in [4.69, 9.17) is 5.26 Å². The highest BCUT2D eigenvalue weighted by Crippen LogP contribution is 2.28. The molecule has 19 heavy (non-hydrogen) atoms. The van der Waals surface area contributed by atoms with Crippen molar-refractivity contribution in [1.29, 1.82) is 5.26 Å². The van der Waals surface area contributed by atoms with Gasteiger partial charge in [-0.3, -0.25) is 0 Å². The molecular weight excluding hydrogens is 239 g/mol. The van der Waals surface area contributed by atoms with Gasteiger partial charge in [0.05, 0.1) is 11.6 Å². The summed E-state index contributed by atoms with van der Waals surface area (Å²) in [5, 5.41) is 12.3. The van der Waals surface area contributed by atoms with Gasteiger partial charge in [0.15, 0.2) is 0 Å². The molecule has 0 aliphatic heterocycles. The minimum Gasteiger partial charge on any atom is -0.310 e. The van der Waals surface area contributed by atoms with Crippen LogP contribution in [-0.4, -0.2) is 6.04 Å². The normalized spacial score (nSPS) is 26.9. The first-order chi connectivity index (χ1) is 9.10. The first-order valence-electron chi connectivity index (χ1n) is 7.02. The SMILES string of the molecule is CC1CCC(NCc2cc(C#N)ccc2F)C(C)C1. The molecule has 2 nitrogen and oxygen atoms in total. The van der Waals surface area contributed by atoms with Gasteiger partial charge in [-0.2, -0.15) is 5.26 Å². The molecule has 1 N–H and O–H groups in total. The summed E-state index contributed by atoms with van der Waals surface area (Å²) in [5.74, 6) is 1.20. The van der Waals surface area contributed by atoms with Crippen LogP contribution >= 0.6 is 0 Å². The average molecular weight is 260 g/mol. The molecule has 2 rings (SSSR count). The van der Waals surface area contributed by atoms with Gasteiger partial charge in [0.1, 0.15) is 5.82 Å². The monoisotopic (exact) mass is 260 g/mol. The summed E-state index contributed by atoms with van der Waals surface area (Å²) in [6.45, 7) is 5.06. The predicted octanol–water partition coefficient (Wildman–Crippen LogP) is 3.61. The zero-order chi connectivity index (χ0) is 13.8. The molecule has 0 heterocycles. The molecule has 1 fully saturated rings. The lowest BCUT2D eigenvalue weighted by atomic mass is 9.80. The number of benzene rings is 1. The summed E-state index contributed by atoms with van der Waals surface area (Å²) in [4.78, 5) is 0. The fourth-order valence-corrected chi connectivity index (χ4v) is 2.99. The molecule has 0 saturated heterocycles. The van der Waals surface area contributed by atoms with Crippen molar-refractivity contribution in [2.75, 3.05) is 0 Å². The Morgan fingerprint density at radius 3 is 2.84 bits per heavy atom. The van der Waals surface area contributed by atoms with Crippen LogP contribution < -0.4 is 5.32 Å². The second kappa shape index (κ2) is 6.16. The molecule has 0 bridgehead atoms. The van der Waals surface area contributed by atoms with Crippen molar-refractivity contribution in [1.82, 2.24) is 5.32 Å². The summed E-state index contributed by atoms with van der Waals surface area (Å²) in [6.07, 6.45) is 3.63. The molecule has 102 valence electrons. The molecule has 3 heteroatoms. The molecule has 0 amide bonds. The molecule has 1 aromatic rings. The zero-order valence-corrected chi connectivity index (χ0v) is 11.6. The topological polar surface area (TPSA) is 35.8 Å². The van der Waals surface area contributed by atoms with Gasteiger partial charge in [0, 0.05) is 18.2 Å². The van der Waals surface area contributed by atoms with Gasteiger partial charge in [-0.05, 0) is 49.3 Å². The average Bonchev–Trinajstić information content (AvgIpc) is 2.39. The first-order valence-corrected chi connectivity index (χ1v) is 7.02. The Labute approximate surface area is 114 Å². The van der Waals surface area contributed by atoms with Crippen LogP contribution in [0, 0.1) is 29.0 Å². The van der Waals surface area contributed by atoms with E-state index in [1.807, 2.05) is 0 Å². The van der Waals surface area contributed by atoms with Crippen LogP contribution in [0.5, 0.6) is 0 Å². The van der Waals surface area contributed by atoms with E-state index in [0.717, 1.165) is 12.3 Å². The Morgan fingerprint density at radius 1 is 1.37 bits per heavy atom. The van der Waals surface area contributed by atoms with Crippen LogP contribution in [0.15, 0.2) is 18.2 Å². The van der Waals surface area contributed by atoms with E-state index >= 15 is 0 Å². The van der Waals surface area contributed by atoms with E-state index in [-0.39, 0.29) is 5.82 Å². The summed E-state index contributed by atoms with van der Waals surface area (Å²) in [7, 11) is 0. The summed E-state index contributed by atoms with van der Waals surface area (Å²) >= 11 is 0. The van der Waals surface area contributed by atoms with Crippen molar-refractivity contribution in [3.05, 3.63) is 35.1 Å². The van der Waals surface area contributed by atoms with E-state index in [1.54, 1.807) is 6.07 Å².